The van der Waals surface area contributed by atoms with Gasteiger partial charge in [-0.3, -0.25) is 0 Å². The SMILES string of the molecule is FC(F)(F)C1NCCCC1Cl. The average Bonchev–Trinajstić information content (AvgIpc) is 1.86. The van der Waals surface area contributed by atoms with Crippen molar-refractivity contribution < 1.29 is 13.2 Å². The molecule has 1 fully saturated rings. The summed E-state index contributed by atoms with van der Waals surface area (Å²) in [5.41, 5.74) is 0. The molecule has 66 valence electrons. The largest absolute Gasteiger partial charge is 0.405 e. The van der Waals surface area contributed by atoms with Crippen molar-refractivity contribution in [1.29, 1.82) is 0 Å². The molecule has 1 N–H and O–H groups in total. The van der Waals surface area contributed by atoms with Gasteiger partial charge in [-0.2, -0.15) is 13.2 Å². The molecule has 0 radical (unpaired) electrons. The lowest BCUT2D eigenvalue weighted by atomic mass is 10.0. The highest BCUT2D eigenvalue weighted by Gasteiger charge is 2.44. The van der Waals surface area contributed by atoms with Crippen LogP contribution in [0, 0.1) is 0 Å². The summed E-state index contributed by atoms with van der Waals surface area (Å²) >= 11 is 5.48. The predicted molar refractivity (Wildman–Crippen MR) is 36.7 cm³/mol. The van der Waals surface area contributed by atoms with Gasteiger partial charge in [-0.15, -0.1) is 11.6 Å². The molecular weight excluding hydrogens is 179 g/mol. The number of nitrogens with one attached hydrogen (secondary N) is 1. The molecule has 1 aliphatic heterocycles. The summed E-state index contributed by atoms with van der Waals surface area (Å²) in [6.45, 7) is 0.410. The number of halogens is 4. The van der Waals surface area contributed by atoms with E-state index in [0.717, 1.165) is 6.42 Å². The van der Waals surface area contributed by atoms with Crippen LogP contribution in [0.15, 0.2) is 0 Å². The molecule has 1 saturated heterocycles. The van der Waals surface area contributed by atoms with Gasteiger partial charge in [0.2, 0.25) is 0 Å². The zero-order chi connectivity index (χ0) is 8.48. The summed E-state index contributed by atoms with van der Waals surface area (Å²) in [7, 11) is 0. The maximum atomic E-state index is 12.0. The van der Waals surface area contributed by atoms with Crippen molar-refractivity contribution in [2.45, 2.75) is 30.4 Å². The molecule has 5 heteroatoms. The number of hydrogen-bond acceptors (Lipinski definition) is 1. The first kappa shape index (κ1) is 9.13. The molecule has 2 unspecified atom stereocenters. The summed E-state index contributed by atoms with van der Waals surface area (Å²) in [6, 6.07) is -1.52. The van der Waals surface area contributed by atoms with Crippen LogP contribution in [0.1, 0.15) is 12.8 Å². The second kappa shape index (κ2) is 3.19. The highest BCUT2D eigenvalue weighted by molar-refractivity contribution is 6.21. The van der Waals surface area contributed by atoms with E-state index in [0.29, 0.717) is 13.0 Å². The fraction of sp³-hybridized carbons (Fsp3) is 1.00. The van der Waals surface area contributed by atoms with E-state index in [1.165, 1.54) is 0 Å². The lowest BCUT2D eigenvalue weighted by Gasteiger charge is -2.29. The maximum Gasteiger partial charge on any atom is 0.405 e. The minimum Gasteiger partial charge on any atom is -0.305 e. The molecular formula is C6H9ClF3N. The van der Waals surface area contributed by atoms with Gasteiger partial charge in [0.05, 0.1) is 5.38 Å². The van der Waals surface area contributed by atoms with Crippen LogP contribution in [-0.2, 0) is 0 Å². The topological polar surface area (TPSA) is 12.0 Å². The fourth-order valence-electron chi connectivity index (χ4n) is 1.17. The zero-order valence-electron chi connectivity index (χ0n) is 5.79. The van der Waals surface area contributed by atoms with Gasteiger partial charge in [0.15, 0.2) is 0 Å². The van der Waals surface area contributed by atoms with Gasteiger partial charge in [-0.1, -0.05) is 0 Å². The molecule has 0 aromatic carbocycles. The summed E-state index contributed by atoms with van der Waals surface area (Å²) in [6.07, 6.45) is -3.04. The Labute approximate surface area is 67.9 Å². The summed E-state index contributed by atoms with van der Waals surface area (Å²) in [5, 5.41) is 1.55. The molecule has 0 aromatic rings. The lowest BCUT2D eigenvalue weighted by molar-refractivity contribution is -0.158. The Bertz CT molecular complexity index is 136. The van der Waals surface area contributed by atoms with Gasteiger partial charge in [0.25, 0.3) is 0 Å². The zero-order valence-corrected chi connectivity index (χ0v) is 6.54. The van der Waals surface area contributed by atoms with Crippen molar-refractivity contribution in [3.8, 4) is 0 Å². The highest BCUT2D eigenvalue weighted by Crippen LogP contribution is 2.29. The third-order valence-corrected chi connectivity index (χ3v) is 2.21. The maximum absolute atomic E-state index is 12.0. The van der Waals surface area contributed by atoms with E-state index in [2.05, 4.69) is 5.32 Å². The molecule has 1 nitrogen and oxygen atoms in total. The molecule has 0 spiro atoms. The van der Waals surface area contributed by atoms with E-state index in [1.54, 1.807) is 0 Å². The lowest BCUT2D eigenvalue weighted by Crippen LogP contribution is -2.51. The monoisotopic (exact) mass is 187 g/mol. The van der Waals surface area contributed by atoms with E-state index >= 15 is 0 Å². The molecule has 0 amide bonds. The van der Waals surface area contributed by atoms with E-state index < -0.39 is 17.6 Å². The summed E-state index contributed by atoms with van der Waals surface area (Å²) in [5.74, 6) is 0. The Hall–Kier alpha value is 0.0400. The van der Waals surface area contributed by atoms with Gasteiger partial charge in [-0.25, -0.2) is 0 Å². The highest BCUT2D eigenvalue weighted by atomic mass is 35.5. The molecule has 0 aromatic heterocycles. The van der Waals surface area contributed by atoms with Crippen LogP contribution >= 0.6 is 11.6 Å². The van der Waals surface area contributed by atoms with E-state index in [1.807, 2.05) is 0 Å². The van der Waals surface area contributed by atoms with E-state index in [9.17, 15) is 13.2 Å². The molecule has 0 bridgehead atoms. The van der Waals surface area contributed by atoms with Crippen molar-refractivity contribution in [2.24, 2.45) is 0 Å². The third kappa shape index (κ3) is 2.24. The first-order valence-corrected chi connectivity index (χ1v) is 3.89. The molecule has 1 heterocycles. The van der Waals surface area contributed by atoms with Crippen molar-refractivity contribution >= 4 is 11.6 Å². The van der Waals surface area contributed by atoms with Crippen molar-refractivity contribution in [1.82, 2.24) is 5.32 Å². The number of rotatable bonds is 0. The van der Waals surface area contributed by atoms with Crippen LogP contribution in [-0.4, -0.2) is 24.1 Å². The smallest absolute Gasteiger partial charge is 0.305 e. The van der Waals surface area contributed by atoms with Crippen LogP contribution in [0.5, 0.6) is 0 Å². The minimum atomic E-state index is -4.20. The molecule has 0 aliphatic carbocycles. The van der Waals surface area contributed by atoms with Crippen LogP contribution in [0.4, 0.5) is 13.2 Å². The number of piperidine rings is 1. The van der Waals surface area contributed by atoms with E-state index in [4.69, 9.17) is 11.6 Å². The second-order valence-corrected chi connectivity index (χ2v) is 3.19. The van der Waals surface area contributed by atoms with Crippen molar-refractivity contribution in [3.05, 3.63) is 0 Å². The number of alkyl halides is 4. The summed E-state index contributed by atoms with van der Waals surface area (Å²) in [4.78, 5) is 0. The predicted octanol–water partition coefficient (Wildman–Crippen LogP) is 1.91. The Morgan fingerprint density at radius 3 is 2.36 bits per heavy atom. The van der Waals surface area contributed by atoms with Crippen LogP contribution in [0.3, 0.4) is 0 Å². The Kier molecular flexibility index (Phi) is 2.65. The minimum absolute atomic E-state index is 0.410. The van der Waals surface area contributed by atoms with Crippen LogP contribution in [0.2, 0.25) is 0 Å². The second-order valence-electron chi connectivity index (χ2n) is 2.63. The first-order chi connectivity index (χ1) is 5.02. The molecule has 1 rings (SSSR count). The van der Waals surface area contributed by atoms with Gasteiger partial charge in [-0.05, 0) is 19.4 Å². The van der Waals surface area contributed by atoms with Crippen LogP contribution in [0.25, 0.3) is 0 Å². The summed E-state index contributed by atoms with van der Waals surface area (Å²) < 4.78 is 36.1. The Balaban J connectivity index is 2.55. The molecule has 2 atom stereocenters. The average molecular weight is 188 g/mol. The fourth-order valence-corrected chi connectivity index (χ4v) is 1.56. The van der Waals surface area contributed by atoms with Crippen molar-refractivity contribution in [2.75, 3.05) is 6.54 Å². The third-order valence-electron chi connectivity index (χ3n) is 1.74. The number of hydrogen-bond donors (Lipinski definition) is 1. The Morgan fingerprint density at radius 2 is 2.00 bits per heavy atom. The molecule has 1 aliphatic rings. The quantitative estimate of drug-likeness (QED) is 0.572. The van der Waals surface area contributed by atoms with Gasteiger partial charge in [0, 0.05) is 0 Å². The van der Waals surface area contributed by atoms with Gasteiger partial charge < -0.3 is 5.32 Å². The van der Waals surface area contributed by atoms with Gasteiger partial charge in [0.1, 0.15) is 6.04 Å². The first-order valence-electron chi connectivity index (χ1n) is 3.46. The molecule has 0 saturated carbocycles. The normalized spacial score (nSPS) is 33.8. The van der Waals surface area contributed by atoms with Crippen molar-refractivity contribution in [3.63, 3.8) is 0 Å². The Morgan fingerprint density at radius 1 is 1.36 bits per heavy atom. The van der Waals surface area contributed by atoms with Gasteiger partial charge >= 0.3 is 6.18 Å². The van der Waals surface area contributed by atoms with Crippen LogP contribution < -0.4 is 5.32 Å². The standard InChI is InChI=1S/C6H9ClF3N/c7-4-2-1-3-11-5(4)6(8,9)10/h4-5,11H,1-3H2. The van der Waals surface area contributed by atoms with E-state index in [-0.39, 0.29) is 0 Å². The molecule has 11 heavy (non-hydrogen) atoms.